The third-order valence-electron chi connectivity index (χ3n) is 6.79. The number of hydrogen-bond acceptors (Lipinski definition) is 7. The highest BCUT2D eigenvalue weighted by atomic mass is 16.7. The van der Waals surface area contributed by atoms with Crippen molar-refractivity contribution < 1.29 is 9.47 Å². The molecule has 7 rings (SSSR count). The Morgan fingerprint density at radius 3 is 2.49 bits per heavy atom. The molecule has 2 aliphatic rings. The predicted molar refractivity (Wildman–Crippen MR) is 134 cm³/mol. The molecule has 0 atom stereocenters. The zero-order valence-electron chi connectivity index (χ0n) is 19.2. The molecule has 3 aromatic carbocycles. The third kappa shape index (κ3) is 3.54. The van der Waals surface area contributed by atoms with Gasteiger partial charge in [0.25, 0.3) is 0 Å². The Morgan fingerprint density at radius 1 is 0.800 bits per heavy atom. The van der Waals surface area contributed by atoms with E-state index in [1.165, 1.54) is 5.56 Å². The number of hydrogen-bond donors (Lipinski definition) is 0. The summed E-state index contributed by atoms with van der Waals surface area (Å²) in [7, 11) is 0. The molecular formula is C27H24N6O2. The second-order valence-corrected chi connectivity index (χ2v) is 8.94. The van der Waals surface area contributed by atoms with Crippen LogP contribution in [0.2, 0.25) is 0 Å². The van der Waals surface area contributed by atoms with Gasteiger partial charge in [0, 0.05) is 43.7 Å². The maximum absolute atomic E-state index is 5.54. The standard InChI is InChI=1S/C27H24N6O2/c1-2-6-20(7-3-1)25-27-28-26(21-8-4-5-9-22(21)33(27)30-29-25)32-14-12-31(13-15-32)17-19-10-11-23-24(16-19)35-18-34-23/h1-11,16H,12-15,17-18H2. The summed E-state index contributed by atoms with van der Waals surface area (Å²) in [6.45, 7) is 4.92. The van der Waals surface area contributed by atoms with E-state index in [0.717, 1.165) is 77.8 Å². The molecule has 0 unspecified atom stereocenters. The normalized spacial score (nSPS) is 15.8. The zero-order valence-corrected chi connectivity index (χ0v) is 19.2. The minimum atomic E-state index is 0.307. The minimum absolute atomic E-state index is 0.307. The van der Waals surface area contributed by atoms with Crippen molar-refractivity contribution in [2.45, 2.75) is 6.54 Å². The molecule has 4 heterocycles. The van der Waals surface area contributed by atoms with Crippen LogP contribution in [-0.4, -0.2) is 57.7 Å². The van der Waals surface area contributed by atoms with Crippen molar-refractivity contribution in [1.29, 1.82) is 0 Å². The second-order valence-electron chi connectivity index (χ2n) is 8.94. The van der Waals surface area contributed by atoms with Crippen LogP contribution in [0.25, 0.3) is 27.8 Å². The van der Waals surface area contributed by atoms with Gasteiger partial charge in [0.1, 0.15) is 11.5 Å². The van der Waals surface area contributed by atoms with E-state index in [9.17, 15) is 0 Å². The first-order valence-corrected chi connectivity index (χ1v) is 11.9. The number of piperazine rings is 1. The van der Waals surface area contributed by atoms with Gasteiger partial charge in [-0.25, -0.2) is 4.98 Å². The van der Waals surface area contributed by atoms with Gasteiger partial charge in [-0.3, -0.25) is 4.90 Å². The van der Waals surface area contributed by atoms with E-state index in [2.05, 4.69) is 62.6 Å². The Morgan fingerprint density at radius 2 is 1.60 bits per heavy atom. The molecule has 0 N–H and O–H groups in total. The van der Waals surface area contributed by atoms with Crippen LogP contribution in [0.15, 0.2) is 72.8 Å². The highest BCUT2D eigenvalue weighted by Crippen LogP contribution is 2.33. The van der Waals surface area contributed by atoms with Gasteiger partial charge in [-0.1, -0.05) is 53.7 Å². The topological polar surface area (TPSA) is 68.0 Å². The predicted octanol–water partition coefficient (Wildman–Crippen LogP) is 4.00. The third-order valence-corrected chi connectivity index (χ3v) is 6.79. The van der Waals surface area contributed by atoms with Crippen LogP contribution in [0.1, 0.15) is 5.56 Å². The van der Waals surface area contributed by atoms with E-state index < -0.39 is 0 Å². The summed E-state index contributed by atoms with van der Waals surface area (Å²) in [6.07, 6.45) is 0. The number of benzene rings is 3. The molecule has 2 aromatic heterocycles. The van der Waals surface area contributed by atoms with Crippen LogP contribution in [0.4, 0.5) is 5.82 Å². The summed E-state index contributed by atoms with van der Waals surface area (Å²) in [5, 5.41) is 10.0. The Bertz CT molecular complexity index is 1530. The fourth-order valence-electron chi connectivity index (χ4n) is 4.99. The molecule has 0 bridgehead atoms. The lowest BCUT2D eigenvalue weighted by molar-refractivity contribution is 0.174. The van der Waals surface area contributed by atoms with Gasteiger partial charge < -0.3 is 14.4 Å². The first-order chi connectivity index (χ1) is 17.3. The SMILES string of the molecule is c1ccc(-c2nnn3c2nc(N2CCN(Cc4ccc5c(c4)OCO5)CC2)c2ccccc23)cc1. The van der Waals surface area contributed by atoms with E-state index in [-0.39, 0.29) is 0 Å². The lowest BCUT2D eigenvalue weighted by atomic mass is 10.1. The van der Waals surface area contributed by atoms with Crippen molar-refractivity contribution in [3.63, 3.8) is 0 Å². The van der Waals surface area contributed by atoms with E-state index >= 15 is 0 Å². The quantitative estimate of drug-likeness (QED) is 0.398. The van der Waals surface area contributed by atoms with E-state index in [1.807, 2.05) is 34.8 Å². The van der Waals surface area contributed by atoms with Crippen LogP contribution in [0.3, 0.4) is 0 Å². The number of fused-ring (bicyclic) bond motifs is 4. The Balaban J connectivity index is 1.18. The monoisotopic (exact) mass is 464 g/mol. The van der Waals surface area contributed by atoms with Gasteiger partial charge in [-0.2, -0.15) is 4.52 Å². The Hall–Kier alpha value is -4.17. The summed E-state index contributed by atoms with van der Waals surface area (Å²) in [4.78, 5) is 9.99. The molecule has 1 fully saturated rings. The van der Waals surface area contributed by atoms with E-state index in [1.54, 1.807) is 0 Å². The first kappa shape index (κ1) is 20.2. The average molecular weight is 465 g/mol. The molecule has 0 radical (unpaired) electrons. The largest absolute Gasteiger partial charge is 0.454 e. The van der Waals surface area contributed by atoms with Crippen molar-refractivity contribution in [2.75, 3.05) is 37.9 Å². The van der Waals surface area contributed by atoms with E-state index in [0.29, 0.717) is 6.79 Å². The molecule has 0 aliphatic carbocycles. The van der Waals surface area contributed by atoms with Gasteiger partial charge in [0.2, 0.25) is 6.79 Å². The summed E-state index contributed by atoms with van der Waals surface area (Å²) in [5.74, 6) is 2.67. The van der Waals surface area contributed by atoms with Crippen LogP contribution in [0.5, 0.6) is 11.5 Å². The van der Waals surface area contributed by atoms with Crippen LogP contribution < -0.4 is 14.4 Å². The molecule has 0 spiro atoms. The number of aromatic nitrogens is 4. The van der Waals surface area contributed by atoms with Gasteiger partial charge >= 0.3 is 0 Å². The molecule has 5 aromatic rings. The zero-order chi connectivity index (χ0) is 23.2. The van der Waals surface area contributed by atoms with Crippen molar-refractivity contribution in [3.8, 4) is 22.8 Å². The average Bonchev–Trinajstić information content (AvgIpc) is 3.56. The Labute approximate surface area is 202 Å². The second kappa shape index (κ2) is 8.25. The molecule has 174 valence electrons. The van der Waals surface area contributed by atoms with Gasteiger partial charge in [-0.15, -0.1) is 5.10 Å². The summed E-state index contributed by atoms with van der Waals surface area (Å²) in [6, 6.07) is 24.7. The molecule has 1 saturated heterocycles. The number of anilines is 1. The van der Waals surface area contributed by atoms with Gasteiger partial charge in [-0.05, 0) is 29.8 Å². The summed E-state index contributed by atoms with van der Waals surface area (Å²) >= 11 is 0. The van der Waals surface area contributed by atoms with Gasteiger partial charge in [0.05, 0.1) is 5.52 Å². The van der Waals surface area contributed by atoms with Crippen LogP contribution >= 0.6 is 0 Å². The smallest absolute Gasteiger partial charge is 0.231 e. The molecule has 8 heteroatoms. The number of rotatable bonds is 4. The minimum Gasteiger partial charge on any atom is -0.454 e. The molecule has 2 aliphatic heterocycles. The lowest BCUT2D eigenvalue weighted by Gasteiger charge is -2.36. The van der Waals surface area contributed by atoms with Crippen LogP contribution in [-0.2, 0) is 6.54 Å². The van der Waals surface area contributed by atoms with Crippen molar-refractivity contribution in [2.24, 2.45) is 0 Å². The van der Waals surface area contributed by atoms with Gasteiger partial charge in [0.15, 0.2) is 17.1 Å². The molecule has 35 heavy (non-hydrogen) atoms. The number of para-hydroxylation sites is 1. The fraction of sp³-hybridized carbons (Fsp3) is 0.222. The molecular weight excluding hydrogens is 440 g/mol. The highest BCUT2D eigenvalue weighted by molar-refractivity contribution is 5.93. The first-order valence-electron chi connectivity index (χ1n) is 11.9. The van der Waals surface area contributed by atoms with Crippen molar-refractivity contribution in [3.05, 3.63) is 78.4 Å². The maximum atomic E-state index is 5.54. The molecule has 0 amide bonds. The number of ether oxygens (including phenoxy) is 2. The fourth-order valence-corrected chi connectivity index (χ4v) is 4.99. The summed E-state index contributed by atoms with van der Waals surface area (Å²) in [5.41, 5.74) is 4.87. The van der Waals surface area contributed by atoms with Crippen LogP contribution in [0, 0.1) is 0 Å². The van der Waals surface area contributed by atoms with Crippen molar-refractivity contribution >= 4 is 22.4 Å². The molecule has 0 saturated carbocycles. The number of nitrogens with zero attached hydrogens (tertiary/aromatic N) is 6. The van der Waals surface area contributed by atoms with Crippen molar-refractivity contribution in [1.82, 2.24) is 24.7 Å². The maximum Gasteiger partial charge on any atom is 0.231 e. The highest BCUT2D eigenvalue weighted by Gasteiger charge is 2.23. The Kier molecular flexibility index (Phi) is 4.77. The molecule has 8 nitrogen and oxygen atoms in total. The summed E-state index contributed by atoms with van der Waals surface area (Å²) < 4.78 is 12.8. The van der Waals surface area contributed by atoms with E-state index in [4.69, 9.17) is 14.5 Å². The lowest BCUT2D eigenvalue weighted by Crippen LogP contribution is -2.46.